The van der Waals surface area contributed by atoms with Crippen molar-refractivity contribution in [1.29, 1.82) is 0 Å². The van der Waals surface area contributed by atoms with E-state index in [1.165, 1.54) is 23.9 Å². The third-order valence-corrected chi connectivity index (χ3v) is 3.90. The van der Waals surface area contributed by atoms with Gasteiger partial charge in [-0.25, -0.2) is 4.39 Å². The smallest absolute Gasteiger partial charge is 0.310 e. The van der Waals surface area contributed by atoms with Crippen molar-refractivity contribution < 1.29 is 14.3 Å². The largest absolute Gasteiger partial charge is 0.481 e. The first-order valence-corrected chi connectivity index (χ1v) is 5.73. The van der Waals surface area contributed by atoms with Crippen molar-refractivity contribution in [2.75, 3.05) is 5.75 Å². The second-order valence-corrected chi connectivity index (χ2v) is 4.88. The molecule has 1 N–H and O–H groups in total. The summed E-state index contributed by atoms with van der Waals surface area (Å²) in [5.41, 5.74) is -0.545. The minimum Gasteiger partial charge on any atom is -0.481 e. The zero-order chi connectivity index (χ0) is 10.9. The van der Waals surface area contributed by atoms with Gasteiger partial charge in [-0.15, -0.1) is 11.8 Å². The number of hydrogen-bond acceptors (Lipinski definition) is 2. The van der Waals surface area contributed by atoms with Gasteiger partial charge in [0.25, 0.3) is 0 Å². The third kappa shape index (κ3) is 2.31. The van der Waals surface area contributed by atoms with Gasteiger partial charge < -0.3 is 5.11 Å². The van der Waals surface area contributed by atoms with Crippen LogP contribution >= 0.6 is 11.8 Å². The summed E-state index contributed by atoms with van der Waals surface area (Å²) in [6, 6.07) is 6.25. The molecule has 0 saturated heterocycles. The van der Waals surface area contributed by atoms with Crippen molar-refractivity contribution in [3.05, 3.63) is 30.1 Å². The maximum atomic E-state index is 12.8. The molecule has 1 aliphatic rings. The summed E-state index contributed by atoms with van der Waals surface area (Å²) >= 11 is 1.41. The third-order valence-electron chi connectivity index (χ3n) is 2.62. The van der Waals surface area contributed by atoms with Gasteiger partial charge >= 0.3 is 5.97 Å². The van der Waals surface area contributed by atoms with Crippen molar-refractivity contribution in [3.8, 4) is 0 Å². The van der Waals surface area contributed by atoms with E-state index < -0.39 is 11.4 Å². The van der Waals surface area contributed by atoms with Crippen molar-refractivity contribution in [1.82, 2.24) is 0 Å². The van der Waals surface area contributed by atoms with Crippen LogP contribution in [0, 0.1) is 11.2 Å². The van der Waals surface area contributed by atoms with Gasteiger partial charge in [0.2, 0.25) is 0 Å². The Morgan fingerprint density at radius 2 is 2.27 bits per heavy atom. The second-order valence-electron chi connectivity index (χ2n) is 3.83. The maximum Gasteiger partial charge on any atom is 0.310 e. The van der Waals surface area contributed by atoms with Crippen molar-refractivity contribution in [2.45, 2.75) is 17.7 Å². The van der Waals surface area contributed by atoms with E-state index in [0.717, 1.165) is 17.7 Å². The van der Waals surface area contributed by atoms with Gasteiger partial charge in [0.15, 0.2) is 0 Å². The molecule has 0 unspecified atom stereocenters. The summed E-state index contributed by atoms with van der Waals surface area (Å²) < 4.78 is 12.8. The molecule has 0 heterocycles. The molecule has 0 atom stereocenters. The highest BCUT2D eigenvalue weighted by Crippen LogP contribution is 2.49. The van der Waals surface area contributed by atoms with Crippen LogP contribution in [0.4, 0.5) is 4.39 Å². The molecule has 0 amide bonds. The van der Waals surface area contributed by atoms with Crippen molar-refractivity contribution in [2.24, 2.45) is 5.41 Å². The molecule has 0 aromatic heterocycles. The number of hydrogen-bond donors (Lipinski definition) is 1. The molecule has 4 heteroatoms. The van der Waals surface area contributed by atoms with E-state index in [-0.39, 0.29) is 5.82 Å². The fourth-order valence-corrected chi connectivity index (χ4v) is 2.57. The van der Waals surface area contributed by atoms with E-state index in [0.29, 0.717) is 5.75 Å². The Bertz CT molecular complexity index is 388. The highest BCUT2D eigenvalue weighted by atomic mass is 32.2. The summed E-state index contributed by atoms with van der Waals surface area (Å²) in [4.78, 5) is 11.7. The van der Waals surface area contributed by atoms with Gasteiger partial charge in [-0.2, -0.15) is 0 Å². The summed E-state index contributed by atoms with van der Waals surface area (Å²) in [5, 5.41) is 8.95. The molecule has 0 spiro atoms. The van der Waals surface area contributed by atoms with Gasteiger partial charge in [0.1, 0.15) is 5.82 Å². The van der Waals surface area contributed by atoms with Crippen LogP contribution < -0.4 is 0 Å². The Morgan fingerprint density at radius 1 is 1.53 bits per heavy atom. The molecule has 15 heavy (non-hydrogen) atoms. The summed E-state index contributed by atoms with van der Waals surface area (Å²) in [7, 11) is 0. The second kappa shape index (κ2) is 3.85. The highest BCUT2D eigenvalue weighted by molar-refractivity contribution is 7.99. The summed E-state index contributed by atoms with van der Waals surface area (Å²) in [6.45, 7) is 0. The number of aliphatic carboxylic acids is 1. The first-order chi connectivity index (χ1) is 7.12. The molecule has 1 aliphatic carbocycles. The lowest BCUT2D eigenvalue weighted by Crippen LogP contribution is -2.17. The predicted octanol–water partition coefficient (Wildman–Crippen LogP) is 2.78. The number of carboxylic acids is 1. The zero-order valence-corrected chi connectivity index (χ0v) is 8.89. The normalized spacial score (nSPS) is 17.4. The minimum absolute atomic E-state index is 0.278. The molecule has 0 aliphatic heterocycles. The van der Waals surface area contributed by atoms with Crippen LogP contribution in [-0.2, 0) is 4.79 Å². The number of carbonyl (C=O) groups is 1. The fraction of sp³-hybridized carbons (Fsp3) is 0.364. The van der Waals surface area contributed by atoms with E-state index >= 15 is 0 Å². The zero-order valence-electron chi connectivity index (χ0n) is 8.07. The maximum absolute atomic E-state index is 12.8. The predicted molar refractivity (Wildman–Crippen MR) is 56.4 cm³/mol. The van der Waals surface area contributed by atoms with E-state index in [1.807, 2.05) is 0 Å². The van der Waals surface area contributed by atoms with Gasteiger partial charge in [0, 0.05) is 10.6 Å². The number of carboxylic acid groups (broad SMARTS) is 1. The Balaban J connectivity index is 1.96. The summed E-state index contributed by atoms with van der Waals surface area (Å²) in [5.74, 6) is -0.474. The van der Waals surface area contributed by atoms with Crippen LogP contribution in [0.25, 0.3) is 0 Å². The lowest BCUT2D eigenvalue weighted by atomic mass is 10.1. The number of benzene rings is 1. The van der Waals surface area contributed by atoms with Crippen LogP contribution in [0.1, 0.15) is 12.8 Å². The molecule has 0 bridgehead atoms. The average Bonchev–Trinajstić information content (AvgIpc) is 2.96. The molecule has 1 aromatic rings. The molecule has 2 nitrogen and oxygen atoms in total. The first-order valence-electron chi connectivity index (χ1n) is 4.74. The summed E-state index contributed by atoms with van der Waals surface area (Å²) in [6.07, 6.45) is 1.48. The standard InChI is InChI=1S/C11H11FO2S/c12-8-2-1-3-9(6-8)15-7-11(4-5-11)10(13)14/h1-3,6H,4-5,7H2,(H,13,14). The van der Waals surface area contributed by atoms with Crippen LogP contribution in [-0.4, -0.2) is 16.8 Å². The fourth-order valence-electron chi connectivity index (χ4n) is 1.35. The molecule has 1 saturated carbocycles. The average molecular weight is 226 g/mol. The Hall–Kier alpha value is -1.03. The topological polar surface area (TPSA) is 37.3 Å². The van der Waals surface area contributed by atoms with Crippen molar-refractivity contribution >= 4 is 17.7 Å². The van der Waals surface area contributed by atoms with E-state index in [2.05, 4.69) is 0 Å². The van der Waals surface area contributed by atoms with Crippen LogP contribution in [0.15, 0.2) is 29.2 Å². The van der Waals surface area contributed by atoms with E-state index in [4.69, 9.17) is 5.11 Å². The molecular weight excluding hydrogens is 215 g/mol. The van der Waals surface area contributed by atoms with Crippen molar-refractivity contribution in [3.63, 3.8) is 0 Å². The Morgan fingerprint density at radius 3 is 2.80 bits per heavy atom. The van der Waals surface area contributed by atoms with Gasteiger partial charge in [0.05, 0.1) is 5.41 Å². The van der Waals surface area contributed by atoms with Gasteiger partial charge in [-0.05, 0) is 31.0 Å². The Kier molecular flexibility index (Phi) is 2.69. The van der Waals surface area contributed by atoms with Crippen LogP contribution in [0.3, 0.4) is 0 Å². The van der Waals surface area contributed by atoms with Crippen LogP contribution in [0.2, 0.25) is 0 Å². The van der Waals surface area contributed by atoms with E-state index in [9.17, 15) is 9.18 Å². The van der Waals surface area contributed by atoms with Gasteiger partial charge in [-0.3, -0.25) is 4.79 Å². The first kappa shape index (κ1) is 10.5. The molecule has 1 aromatic carbocycles. The number of thioether (sulfide) groups is 1. The Labute approximate surface area is 91.5 Å². The molecule has 1 fully saturated rings. The quantitative estimate of drug-likeness (QED) is 0.802. The number of halogens is 1. The lowest BCUT2D eigenvalue weighted by molar-refractivity contribution is -0.142. The lowest BCUT2D eigenvalue weighted by Gasteiger charge is -2.08. The molecule has 2 rings (SSSR count). The minimum atomic E-state index is -0.730. The SMILES string of the molecule is O=C(O)C1(CSc2cccc(F)c2)CC1. The monoisotopic (exact) mass is 226 g/mol. The molecule has 0 radical (unpaired) electrons. The molecule has 80 valence electrons. The highest BCUT2D eigenvalue weighted by Gasteiger charge is 2.49. The van der Waals surface area contributed by atoms with E-state index in [1.54, 1.807) is 12.1 Å². The molecular formula is C11H11FO2S. The number of rotatable bonds is 4. The van der Waals surface area contributed by atoms with Crippen LogP contribution in [0.5, 0.6) is 0 Å². The van der Waals surface area contributed by atoms with Gasteiger partial charge in [-0.1, -0.05) is 6.07 Å².